The number of alkyl halides is 1. The maximum atomic E-state index is 13.4. The van der Waals surface area contributed by atoms with E-state index in [-0.39, 0.29) is 17.9 Å². The van der Waals surface area contributed by atoms with Gasteiger partial charge in [0.1, 0.15) is 0 Å². The summed E-state index contributed by atoms with van der Waals surface area (Å²) in [5, 5.41) is 2.67. The fraction of sp³-hybridized carbons (Fsp3) is 0.188. The van der Waals surface area contributed by atoms with E-state index in [1.807, 2.05) is 24.3 Å². The van der Waals surface area contributed by atoms with Crippen LogP contribution in [0.5, 0.6) is 0 Å². The highest BCUT2D eigenvalue weighted by molar-refractivity contribution is 6.17. The number of nitrogens with one attached hydrogen (secondary N) is 1. The lowest BCUT2D eigenvalue weighted by atomic mass is 10.1. The van der Waals surface area contributed by atoms with Crippen LogP contribution >= 0.6 is 11.6 Å². The Kier molecular flexibility index (Phi) is 5.28. The van der Waals surface area contributed by atoms with E-state index in [2.05, 4.69) is 5.32 Å². The molecule has 0 unspecified atom stereocenters. The molecule has 0 saturated carbocycles. The number of halogens is 3. The van der Waals surface area contributed by atoms with Gasteiger partial charge in [0, 0.05) is 18.0 Å². The first-order valence-corrected chi connectivity index (χ1v) is 6.97. The molecule has 0 aliphatic carbocycles. The lowest BCUT2D eigenvalue weighted by Gasteiger charge is -2.07. The van der Waals surface area contributed by atoms with Crippen LogP contribution in [0.4, 0.5) is 8.78 Å². The molecule has 0 aliphatic heterocycles. The van der Waals surface area contributed by atoms with E-state index in [0.717, 1.165) is 17.2 Å². The molecule has 0 heterocycles. The van der Waals surface area contributed by atoms with Gasteiger partial charge in [0.05, 0.1) is 6.42 Å². The second kappa shape index (κ2) is 7.18. The van der Waals surface area contributed by atoms with Gasteiger partial charge in [-0.3, -0.25) is 4.79 Å². The van der Waals surface area contributed by atoms with Crippen molar-refractivity contribution in [1.82, 2.24) is 5.32 Å². The normalized spacial score (nSPS) is 10.4. The fourth-order valence-electron chi connectivity index (χ4n) is 1.87. The van der Waals surface area contributed by atoms with Crippen LogP contribution in [-0.4, -0.2) is 5.91 Å². The van der Waals surface area contributed by atoms with Crippen molar-refractivity contribution in [2.24, 2.45) is 0 Å². The summed E-state index contributed by atoms with van der Waals surface area (Å²) in [5.74, 6) is -1.84. The van der Waals surface area contributed by atoms with E-state index in [4.69, 9.17) is 11.6 Å². The zero-order chi connectivity index (χ0) is 15.2. The Bertz CT molecular complexity index is 629. The van der Waals surface area contributed by atoms with Gasteiger partial charge >= 0.3 is 0 Å². The van der Waals surface area contributed by atoms with E-state index in [0.29, 0.717) is 12.4 Å². The van der Waals surface area contributed by atoms with Crippen LogP contribution in [0.15, 0.2) is 42.5 Å². The molecule has 0 radical (unpaired) electrons. The molecule has 1 amide bonds. The molecule has 2 aromatic rings. The first-order valence-electron chi connectivity index (χ1n) is 6.43. The molecule has 5 heteroatoms. The average Bonchev–Trinajstić information content (AvgIpc) is 2.50. The number of amides is 1. The van der Waals surface area contributed by atoms with Gasteiger partial charge < -0.3 is 5.32 Å². The second-order valence-electron chi connectivity index (χ2n) is 4.62. The molecule has 0 fully saturated rings. The standard InChI is InChI=1S/C16H14ClF2NO/c17-9-11-4-6-12(7-5-11)10-20-15(21)8-13-2-1-3-14(18)16(13)19/h1-7H,8-10H2,(H,20,21). The van der Waals surface area contributed by atoms with Crippen molar-refractivity contribution < 1.29 is 13.6 Å². The van der Waals surface area contributed by atoms with Gasteiger partial charge in [0.2, 0.25) is 5.91 Å². The highest BCUT2D eigenvalue weighted by atomic mass is 35.5. The van der Waals surface area contributed by atoms with E-state index in [1.165, 1.54) is 12.1 Å². The minimum Gasteiger partial charge on any atom is -0.352 e. The van der Waals surface area contributed by atoms with E-state index < -0.39 is 11.6 Å². The number of benzene rings is 2. The summed E-state index contributed by atoms with van der Waals surface area (Å²) in [6.07, 6.45) is -0.191. The third-order valence-corrected chi connectivity index (χ3v) is 3.36. The van der Waals surface area contributed by atoms with E-state index in [9.17, 15) is 13.6 Å². The number of carbonyl (C=O) groups excluding carboxylic acids is 1. The molecule has 2 nitrogen and oxygen atoms in total. The lowest BCUT2D eigenvalue weighted by Crippen LogP contribution is -2.25. The van der Waals surface area contributed by atoms with Crippen molar-refractivity contribution in [2.45, 2.75) is 18.8 Å². The van der Waals surface area contributed by atoms with E-state index in [1.54, 1.807) is 0 Å². The monoisotopic (exact) mass is 309 g/mol. The van der Waals surface area contributed by atoms with Gasteiger partial charge in [-0.2, -0.15) is 0 Å². The van der Waals surface area contributed by atoms with Gasteiger partial charge in [0.25, 0.3) is 0 Å². The second-order valence-corrected chi connectivity index (χ2v) is 4.88. The van der Waals surface area contributed by atoms with Gasteiger partial charge in [0.15, 0.2) is 11.6 Å². The Morgan fingerprint density at radius 3 is 2.38 bits per heavy atom. The van der Waals surface area contributed by atoms with Gasteiger partial charge in [-0.1, -0.05) is 36.4 Å². The zero-order valence-corrected chi connectivity index (χ0v) is 12.0. The number of rotatable bonds is 5. The van der Waals surface area contributed by atoms with Crippen molar-refractivity contribution in [3.05, 3.63) is 70.8 Å². The van der Waals surface area contributed by atoms with Gasteiger partial charge in [-0.05, 0) is 17.2 Å². The maximum absolute atomic E-state index is 13.4. The molecular weight excluding hydrogens is 296 g/mol. The first-order chi connectivity index (χ1) is 10.1. The number of carbonyl (C=O) groups is 1. The van der Waals surface area contributed by atoms with Crippen molar-refractivity contribution in [3.8, 4) is 0 Å². The minimum absolute atomic E-state index is 0.0463. The fourth-order valence-corrected chi connectivity index (χ4v) is 2.05. The Morgan fingerprint density at radius 2 is 1.71 bits per heavy atom. The zero-order valence-electron chi connectivity index (χ0n) is 11.2. The van der Waals surface area contributed by atoms with Crippen LogP contribution in [0.3, 0.4) is 0 Å². The maximum Gasteiger partial charge on any atom is 0.224 e. The first kappa shape index (κ1) is 15.4. The molecule has 21 heavy (non-hydrogen) atoms. The van der Waals surface area contributed by atoms with Crippen molar-refractivity contribution in [1.29, 1.82) is 0 Å². The molecule has 0 aliphatic rings. The molecule has 0 spiro atoms. The van der Waals surface area contributed by atoms with Crippen LogP contribution in [0.2, 0.25) is 0 Å². The Labute approximate surface area is 126 Å². The largest absolute Gasteiger partial charge is 0.352 e. The predicted molar refractivity (Wildman–Crippen MR) is 77.9 cm³/mol. The third kappa shape index (κ3) is 4.26. The van der Waals surface area contributed by atoms with Crippen LogP contribution in [0.1, 0.15) is 16.7 Å². The van der Waals surface area contributed by atoms with Crippen LogP contribution < -0.4 is 5.32 Å². The summed E-state index contributed by atoms with van der Waals surface area (Å²) in [4.78, 5) is 11.8. The third-order valence-electron chi connectivity index (χ3n) is 3.05. The SMILES string of the molecule is O=C(Cc1cccc(F)c1F)NCc1ccc(CCl)cc1. The van der Waals surface area contributed by atoms with Crippen molar-refractivity contribution in [2.75, 3.05) is 0 Å². The minimum atomic E-state index is -0.973. The Balaban J connectivity index is 1.91. The Morgan fingerprint density at radius 1 is 1.05 bits per heavy atom. The predicted octanol–water partition coefficient (Wildman–Crippen LogP) is 3.56. The molecule has 0 atom stereocenters. The highest BCUT2D eigenvalue weighted by Crippen LogP contribution is 2.12. The van der Waals surface area contributed by atoms with Crippen LogP contribution in [0, 0.1) is 11.6 Å². The molecule has 2 rings (SSSR count). The van der Waals surface area contributed by atoms with Crippen LogP contribution in [-0.2, 0) is 23.6 Å². The Hall–Kier alpha value is -1.94. The molecular formula is C16H14ClF2NO. The molecule has 0 bridgehead atoms. The molecule has 110 valence electrons. The molecule has 0 saturated heterocycles. The van der Waals surface area contributed by atoms with Gasteiger partial charge in [-0.15, -0.1) is 11.6 Å². The van der Waals surface area contributed by atoms with Crippen molar-refractivity contribution >= 4 is 17.5 Å². The summed E-state index contributed by atoms with van der Waals surface area (Å²) in [7, 11) is 0. The quantitative estimate of drug-likeness (QED) is 0.841. The number of hydrogen-bond acceptors (Lipinski definition) is 1. The summed E-state index contributed by atoms with van der Waals surface area (Å²) in [6.45, 7) is 0.332. The number of hydrogen-bond donors (Lipinski definition) is 1. The summed E-state index contributed by atoms with van der Waals surface area (Å²) in [6, 6.07) is 11.3. The molecule has 1 N–H and O–H groups in total. The smallest absolute Gasteiger partial charge is 0.224 e. The molecule has 0 aromatic heterocycles. The summed E-state index contributed by atoms with van der Waals surface area (Å²) >= 11 is 5.69. The van der Waals surface area contributed by atoms with Gasteiger partial charge in [-0.25, -0.2) is 8.78 Å². The summed E-state index contributed by atoms with van der Waals surface area (Å²) < 4.78 is 26.5. The van der Waals surface area contributed by atoms with Crippen LogP contribution in [0.25, 0.3) is 0 Å². The summed E-state index contributed by atoms with van der Waals surface area (Å²) in [5.41, 5.74) is 1.95. The highest BCUT2D eigenvalue weighted by Gasteiger charge is 2.11. The lowest BCUT2D eigenvalue weighted by molar-refractivity contribution is -0.120. The van der Waals surface area contributed by atoms with E-state index >= 15 is 0 Å². The molecule has 2 aromatic carbocycles. The topological polar surface area (TPSA) is 29.1 Å². The average molecular weight is 310 g/mol. The van der Waals surface area contributed by atoms with Crippen molar-refractivity contribution in [3.63, 3.8) is 0 Å².